The zero-order chi connectivity index (χ0) is 15.1. The van der Waals surface area contributed by atoms with Crippen LogP contribution in [0, 0.1) is 0 Å². The van der Waals surface area contributed by atoms with Gasteiger partial charge in [0.05, 0.1) is 6.61 Å². The fraction of sp³-hybridized carbons (Fsp3) is 0.588. The molecule has 1 atom stereocenters. The smallest absolute Gasteiger partial charge is 0.221 e. The van der Waals surface area contributed by atoms with E-state index in [0.29, 0.717) is 6.42 Å². The number of nitrogens with one attached hydrogen (secondary N) is 2. The number of ether oxygens (including phenoxy) is 1. The minimum Gasteiger partial charge on any atom is -0.493 e. The summed E-state index contributed by atoms with van der Waals surface area (Å²) >= 11 is 0. The van der Waals surface area contributed by atoms with Crippen molar-refractivity contribution in [3.05, 3.63) is 29.3 Å². The minimum absolute atomic E-state index is 0.131. The standard InChI is InChI=1S/C17H26N2O2/c1-3-13(2)19-17(20)7-10-18-9-6-14-4-5-16-15(12-14)8-11-21-16/h4-5,12-13,18H,3,6-11H2,1-2H3,(H,19,20). The van der Waals surface area contributed by atoms with Crippen LogP contribution in [0.5, 0.6) is 5.75 Å². The van der Waals surface area contributed by atoms with Crippen molar-refractivity contribution in [1.82, 2.24) is 10.6 Å². The Morgan fingerprint density at radius 1 is 1.38 bits per heavy atom. The van der Waals surface area contributed by atoms with E-state index in [9.17, 15) is 4.79 Å². The molecule has 1 aromatic rings. The Kier molecular flexibility index (Phi) is 6.05. The van der Waals surface area contributed by atoms with Crippen molar-refractivity contribution in [2.24, 2.45) is 0 Å². The molecule has 0 saturated carbocycles. The van der Waals surface area contributed by atoms with Gasteiger partial charge in [0.15, 0.2) is 0 Å². The van der Waals surface area contributed by atoms with Crippen LogP contribution >= 0.6 is 0 Å². The third-order valence-electron chi connectivity index (χ3n) is 3.89. The van der Waals surface area contributed by atoms with E-state index < -0.39 is 0 Å². The predicted octanol–water partition coefficient (Wildman–Crippen LogP) is 2.06. The van der Waals surface area contributed by atoms with Crippen LogP contribution in [-0.4, -0.2) is 31.6 Å². The number of carbonyl (C=O) groups is 1. The fourth-order valence-electron chi connectivity index (χ4n) is 2.40. The van der Waals surface area contributed by atoms with E-state index in [1.807, 2.05) is 6.92 Å². The third kappa shape index (κ3) is 5.05. The van der Waals surface area contributed by atoms with Gasteiger partial charge in [-0.05, 0) is 43.5 Å². The van der Waals surface area contributed by atoms with Gasteiger partial charge in [0, 0.05) is 25.4 Å². The molecule has 21 heavy (non-hydrogen) atoms. The number of amides is 1. The van der Waals surface area contributed by atoms with E-state index in [-0.39, 0.29) is 11.9 Å². The predicted molar refractivity (Wildman–Crippen MR) is 84.7 cm³/mol. The van der Waals surface area contributed by atoms with Gasteiger partial charge in [-0.2, -0.15) is 0 Å². The quantitative estimate of drug-likeness (QED) is 0.721. The molecule has 2 rings (SSSR count). The maximum Gasteiger partial charge on any atom is 0.221 e. The molecule has 1 aromatic carbocycles. The lowest BCUT2D eigenvalue weighted by molar-refractivity contribution is -0.121. The summed E-state index contributed by atoms with van der Waals surface area (Å²) in [5.74, 6) is 1.17. The molecule has 4 heteroatoms. The number of benzene rings is 1. The Labute approximate surface area is 127 Å². The summed E-state index contributed by atoms with van der Waals surface area (Å²) in [5.41, 5.74) is 2.65. The van der Waals surface area contributed by atoms with Crippen LogP contribution in [0.15, 0.2) is 18.2 Å². The summed E-state index contributed by atoms with van der Waals surface area (Å²) in [7, 11) is 0. The van der Waals surface area contributed by atoms with Crippen molar-refractivity contribution in [2.75, 3.05) is 19.7 Å². The zero-order valence-corrected chi connectivity index (χ0v) is 13.1. The molecule has 0 saturated heterocycles. The topological polar surface area (TPSA) is 50.4 Å². The SMILES string of the molecule is CCC(C)NC(=O)CCNCCc1ccc2c(c1)CCO2. The number of fused-ring (bicyclic) bond motifs is 1. The maximum atomic E-state index is 11.6. The van der Waals surface area contributed by atoms with Gasteiger partial charge in [-0.1, -0.05) is 19.1 Å². The van der Waals surface area contributed by atoms with Crippen LogP contribution < -0.4 is 15.4 Å². The Morgan fingerprint density at radius 3 is 3.05 bits per heavy atom. The van der Waals surface area contributed by atoms with E-state index in [4.69, 9.17) is 4.74 Å². The summed E-state index contributed by atoms with van der Waals surface area (Å²) in [6.45, 7) is 6.54. The molecule has 0 radical (unpaired) electrons. The van der Waals surface area contributed by atoms with Crippen LogP contribution in [-0.2, 0) is 17.6 Å². The largest absolute Gasteiger partial charge is 0.493 e. The number of hydrogen-bond acceptors (Lipinski definition) is 3. The molecule has 1 amide bonds. The monoisotopic (exact) mass is 290 g/mol. The summed E-state index contributed by atoms with van der Waals surface area (Å²) in [5, 5.41) is 6.31. The van der Waals surface area contributed by atoms with Gasteiger partial charge in [0.25, 0.3) is 0 Å². The molecule has 0 aromatic heterocycles. The molecule has 1 aliphatic rings. The molecule has 4 nitrogen and oxygen atoms in total. The first kappa shape index (κ1) is 15.8. The maximum absolute atomic E-state index is 11.6. The molecule has 0 spiro atoms. The molecule has 1 aliphatic heterocycles. The van der Waals surface area contributed by atoms with Crippen molar-refractivity contribution >= 4 is 5.91 Å². The van der Waals surface area contributed by atoms with Crippen molar-refractivity contribution < 1.29 is 9.53 Å². The van der Waals surface area contributed by atoms with Gasteiger partial charge in [-0.3, -0.25) is 4.79 Å². The number of hydrogen-bond donors (Lipinski definition) is 2. The molecular weight excluding hydrogens is 264 g/mol. The van der Waals surface area contributed by atoms with Crippen LogP contribution in [0.2, 0.25) is 0 Å². The van der Waals surface area contributed by atoms with E-state index in [0.717, 1.165) is 44.7 Å². The van der Waals surface area contributed by atoms with Crippen LogP contribution in [0.1, 0.15) is 37.8 Å². The lowest BCUT2D eigenvalue weighted by atomic mass is 10.1. The Hall–Kier alpha value is -1.55. The van der Waals surface area contributed by atoms with Gasteiger partial charge >= 0.3 is 0 Å². The van der Waals surface area contributed by atoms with Gasteiger partial charge in [-0.25, -0.2) is 0 Å². The third-order valence-corrected chi connectivity index (χ3v) is 3.89. The lowest BCUT2D eigenvalue weighted by Crippen LogP contribution is -2.34. The van der Waals surface area contributed by atoms with Crippen molar-refractivity contribution in [3.8, 4) is 5.75 Å². The summed E-state index contributed by atoms with van der Waals surface area (Å²) in [6, 6.07) is 6.70. The van der Waals surface area contributed by atoms with Gasteiger partial charge in [-0.15, -0.1) is 0 Å². The van der Waals surface area contributed by atoms with Crippen molar-refractivity contribution in [3.63, 3.8) is 0 Å². The first-order valence-corrected chi connectivity index (χ1v) is 7.93. The molecule has 1 heterocycles. The molecule has 116 valence electrons. The Balaban J connectivity index is 1.61. The normalized spacial score (nSPS) is 14.4. The molecule has 0 bridgehead atoms. The number of carbonyl (C=O) groups excluding carboxylic acids is 1. The average molecular weight is 290 g/mol. The van der Waals surface area contributed by atoms with Crippen LogP contribution in [0.3, 0.4) is 0 Å². The first-order chi connectivity index (χ1) is 10.2. The number of rotatable bonds is 8. The summed E-state index contributed by atoms with van der Waals surface area (Å²) in [6.07, 6.45) is 3.52. The summed E-state index contributed by atoms with van der Waals surface area (Å²) in [4.78, 5) is 11.6. The second kappa shape index (κ2) is 8.03. The highest BCUT2D eigenvalue weighted by Crippen LogP contribution is 2.25. The first-order valence-electron chi connectivity index (χ1n) is 7.93. The molecule has 0 fully saturated rings. The van der Waals surface area contributed by atoms with Crippen molar-refractivity contribution in [2.45, 2.75) is 45.6 Å². The Bertz CT molecular complexity index is 474. The van der Waals surface area contributed by atoms with Gasteiger partial charge in [0.1, 0.15) is 5.75 Å². The van der Waals surface area contributed by atoms with Gasteiger partial charge in [0.2, 0.25) is 5.91 Å². The van der Waals surface area contributed by atoms with E-state index in [1.165, 1.54) is 11.1 Å². The highest BCUT2D eigenvalue weighted by atomic mass is 16.5. The van der Waals surface area contributed by atoms with Crippen LogP contribution in [0.4, 0.5) is 0 Å². The van der Waals surface area contributed by atoms with Crippen molar-refractivity contribution in [1.29, 1.82) is 0 Å². The molecule has 0 aliphatic carbocycles. The van der Waals surface area contributed by atoms with E-state index in [2.05, 4.69) is 35.8 Å². The highest BCUT2D eigenvalue weighted by molar-refractivity contribution is 5.76. The van der Waals surface area contributed by atoms with E-state index in [1.54, 1.807) is 0 Å². The second-order valence-corrected chi connectivity index (χ2v) is 5.67. The zero-order valence-electron chi connectivity index (χ0n) is 13.1. The molecular formula is C17H26N2O2. The van der Waals surface area contributed by atoms with Crippen LogP contribution in [0.25, 0.3) is 0 Å². The molecule has 2 N–H and O–H groups in total. The second-order valence-electron chi connectivity index (χ2n) is 5.67. The van der Waals surface area contributed by atoms with Gasteiger partial charge < -0.3 is 15.4 Å². The molecule has 1 unspecified atom stereocenters. The van der Waals surface area contributed by atoms with E-state index >= 15 is 0 Å². The summed E-state index contributed by atoms with van der Waals surface area (Å²) < 4.78 is 5.50. The lowest BCUT2D eigenvalue weighted by Gasteiger charge is -2.11. The highest BCUT2D eigenvalue weighted by Gasteiger charge is 2.11. The fourth-order valence-corrected chi connectivity index (χ4v) is 2.40. The minimum atomic E-state index is 0.131. The average Bonchev–Trinajstić information content (AvgIpc) is 2.94. The Morgan fingerprint density at radius 2 is 2.24 bits per heavy atom.